The molecule has 0 spiro atoms. The number of carbonyl (C=O) groups is 1. The average Bonchev–Trinajstić information content (AvgIpc) is 2.33. The molecule has 0 aromatic heterocycles. The van der Waals surface area contributed by atoms with Gasteiger partial charge >= 0.3 is 0 Å². The van der Waals surface area contributed by atoms with Crippen LogP contribution in [0, 0.1) is 6.92 Å². The molecule has 2 N–H and O–H groups in total. The summed E-state index contributed by atoms with van der Waals surface area (Å²) in [6, 6.07) is 7.50. The zero-order chi connectivity index (χ0) is 11.4. The van der Waals surface area contributed by atoms with E-state index in [1.807, 2.05) is 31.2 Å². The molecule has 0 aliphatic carbocycles. The van der Waals surface area contributed by atoms with Gasteiger partial charge in [-0.2, -0.15) is 0 Å². The van der Waals surface area contributed by atoms with Crippen molar-refractivity contribution in [2.75, 3.05) is 25.1 Å². The fourth-order valence-corrected chi connectivity index (χ4v) is 1.60. The molecule has 1 aromatic rings. The van der Waals surface area contributed by atoms with Crippen LogP contribution >= 0.6 is 0 Å². The van der Waals surface area contributed by atoms with Crippen molar-refractivity contribution in [2.45, 2.75) is 13.0 Å². The van der Waals surface area contributed by atoms with E-state index in [2.05, 4.69) is 10.6 Å². The lowest BCUT2D eigenvalue weighted by molar-refractivity contribution is -0.120. The third kappa shape index (κ3) is 2.81. The maximum atomic E-state index is 11.8. The van der Waals surface area contributed by atoms with Gasteiger partial charge in [0.05, 0.1) is 13.2 Å². The second-order valence-corrected chi connectivity index (χ2v) is 3.94. The number of rotatable bonds is 2. The third-order valence-corrected chi connectivity index (χ3v) is 2.56. The minimum Gasteiger partial charge on any atom is -0.378 e. The largest absolute Gasteiger partial charge is 0.378 e. The van der Waals surface area contributed by atoms with Gasteiger partial charge in [0.2, 0.25) is 5.91 Å². The van der Waals surface area contributed by atoms with Crippen LogP contribution in [-0.4, -0.2) is 31.7 Å². The van der Waals surface area contributed by atoms with Crippen molar-refractivity contribution in [1.29, 1.82) is 0 Å². The van der Waals surface area contributed by atoms with Crippen LogP contribution < -0.4 is 10.6 Å². The first kappa shape index (κ1) is 11.1. The lowest BCUT2D eigenvalue weighted by atomic mass is 10.2. The van der Waals surface area contributed by atoms with Gasteiger partial charge in [0.1, 0.15) is 6.04 Å². The van der Waals surface area contributed by atoms with Gasteiger partial charge in [-0.05, 0) is 19.1 Å². The molecule has 16 heavy (non-hydrogen) atoms. The lowest BCUT2D eigenvalue weighted by Gasteiger charge is -2.22. The number of amides is 1. The van der Waals surface area contributed by atoms with Gasteiger partial charge in [-0.1, -0.05) is 17.7 Å². The van der Waals surface area contributed by atoms with Crippen LogP contribution in [0.15, 0.2) is 24.3 Å². The topological polar surface area (TPSA) is 50.4 Å². The number of anilines is 1. The van der Waals surface area contributed by atoms with Gasteiger partial charge in [-0.25, -0.2) is 0 Å². The summed E-state index contributed by atoms with van der Waals surface area (Å²) in [5.41, 5.74) is 2.00. The smallest absolute Gasteiger partial charge is 0.243 e. The zero-order valence-electron chi connectivity index (χ0n) is 9.32. The molecular weight excluding hydrogens is 204 g/mol. The van der Waals surface area contributed by atoms with Gasteiger partial charge < -0.3 is 15.4 Å². The first-order valence-electron chi connectivity index (χ1n) is 5.44. The van der Waals surface area contributed by atoms with Crippen LogP contribution in [0.5, 0.6) is 0 Å². The maximum Gasteiger partial charge on any atom is 0.243 e. The normalized spacial score (nSPS) is 20.4. The number of morpholine rings is 1. The van der Waals surface area contributed by atoms with Crippen molar-refractivity contribution in [3.8, 4) is 0 Å². The lowest BCUT2D eigenvalue weighted by Crippen LogP contribution is -2.48. The zero-order valence-corrected chi connectivity index (χ0v) is 9.32. The van der Waals surface area contributed by atoms with E-state index in [-0.39, 0.29) is 11.9 Å². The fraction of sp³-hybridized carbons (Fsp3) is 0.417. The van der Waals surface area contributed by atoms with Crippen molar-refractivity contribution < 1.29 is 9.53 Å². The van der Waals surface area contributed by atoms with Crippen molar-refractivity contribution in [3.05, 3.63) is 29.8 Å². The molecule has 1 heterocycles. The van der Waals surface area contributed by atoms with E-state index in [9.17, 15) is 4.79 Å². The number of carbonyl (C=O) groups excluding carboxylic acids is 1. The van der Waals surface area contributed by atoms with Crippen LogP contribution in [0.4, 0.5) is 5.69 Å². The van der Waals surface area contributed by atoms with Crippen LogP contribution in [0.25, 0.3) is 0 Å². The Morgan fingerprint density at radius 2 is 2.19 bits per heavy atom. The number of ether oxygens (including phenoxy) is 1. The van der Waals surface area contributed by atoms with Gasteiger partial charge in [-0.15, -0.1) is 0 Å². The number of hydrogen-bond acceptors (Lipinski definition) is 3. The second kappa shape index (κ2) is 5.09. The second-order valence-electron chi connectivity index (χ2n) is 3.94. The Labute approximate surface area is 95.0 Å². The van der Waals surface area contributed by atoms with E-state index in [0.717, 1.165) is 12.2 Å². The summed E-state index contributed by atoms with van der Waals surface area (Å²) in [5, 5.41) is 5.97. The van der Waals surface area contributed by atoms with E-state index in [0.29, 0.717) is 13.2 Å². The highest BCUT2D eigenvalue weighted by atomic mass is 16.5. The molecular formula is C12H16N2O2. The summed E-state index contributed by atoms with van der Waals surface area (Å²) in [4.78, 5) is 11.8. The summed E-state index contributed by atoms with van der Waals surface area (Å²) < 4.78 is 5.24. The molecule has 1 fully saturated rings. The summed E-state index contributed by atoms with van der Waals surface area (Å²) in [5.74, 6) is -0.0384. The maximum absolute atomic E-state index is 11.8. The molecule has 86 valence electrons. The Balaban J connectivity index is 1.93. The molecule has 2 rings (SSSR count). The molecule has 1 aromatic carbocycles. The van der Waals surface area contributed by atoms with Gasteiger partial charge in [0.15, 0.2) is 0 Å². The minimum absolute atomic E-state index is 0.0384. The number of benzene rings is 1. The Morgan fingerprint density at radius 3 is 2.81 bits per heavy atom. The Bertz CT molecular complexity index is 356. The highest BCUT2D eigenvalue weighted by Gasteiger charge is 2.20. The number of hydrogen-bond donors (Lipinski definition) is 2. The third-order valence-electron chi connectivity index (χ3n) is 2.56. The highest BCUT2D eigenvalue weighted by Crippen LogP contribution is 2.09. The first-order valence-corrected chi connectivity index (χ1v) is 5.44. The summed E-state index contributed by atoms with van der Waals surface area (Å²) in [6.45, 7) is 3.86. The van der Waals surface area contributed by atoms with Crippen LogP contribution in [0.2, 0.25) is 0 Å². The van der Waals surface area contributed by atoms with Crippen molar-refractivity contribution >= 4 is 11.6 Å². The van der Waals surface area contributed by atoms with Crippen molar-refractivity contribution in [2.24, 2.45) is 0 Å². The first-order chi connectivity index (χ1) is 7.75. The molecule has 0 unspecified atom stereocenters. The van der Waals surface area contributed by atoms with E-state index >= 15 is 0 Å². The number of aryl methyl sites for hydroxylation is 1. The van der Waals surface area contributed by atoms with Gasteiger partial charge in [0.25, 0.3) is 0 Å². The SMILES string of the molecule is Cc1ccc(NC(=O)[C@H]2COCCN2)cc1. The quantitative estimate of drug-likeness (QED) is 0.779. The molecule has 4 nitrogen and oxygen atoms in total. The van der Waals surface area contributed by atoms with E-state index in [1.165, 1.54) is 5.56 Å². The highest BCUT2D eigenvalue weighted by molar-refractivity contribution is 5.95. The van der Waals surface area contributed by atoms with E-state index in [4.69, 9.17) is 4.74 Å². The molecule has 0 saturated carbocycles. The minimum atomic E-state index is -0.241. The summed E-state index contributed by atoms with van der Waals surface area (Å²) in [7, 11) is 0. The van der Waals surface area contributed by atoms with Gasteiger partial charge in [-0.3, -0.25) is 4.79 Å². The van der Waals surface area contributed by atoms with E-state index < -0.39 is 0 Å². The standard InChI is InChI=1S/C12H16N2O2/c1-9-2-4-10(5-3-9)14-12(15)11-8-16-7-6-13-11/h2-5,11,13H,6-8H2,1H3,(H,14,15)/t11-/m1/s1. The van der Waals surface area contributed by atoms with Crippen LogP contribution in [-0.2, 0) is 9.53 Å². The molecule has 0 bridgehead atoms. The molecule has 1 amide bonds. The molecule has 0 radical (unpaired) electrons. The number of nitrogens with one attached hydrogen (secondary N) is 2. The summed E-state index contributed by atoms with van der Waals surface area (Å²) in [6.07, 6.45) is 0. The van der Waals surface area contributed by atoms with Crippen LogP contribution in [0.1, 0.15) is 5.56 Å². The predicted molar refractivity (Wildman–Crippen MR) is 62.4 cm³/mol. The molecule has 1 aliphatic heterocycles. The molecule has 1 atom stereocenters. The van der Waals surface area contributed by atoms with Gasteiger partial charge in [0, 0.05) is 12.2 Å². The van der Waals surface area contributed by atoms with Crippen LogP contribution in [0.3, 0.4) is 0 Å². The fourth-order valence-electron chi connectivity index (χ4n) is 1.60. The Hall–Kier alpha value is -1.39. The average molecular weight is 220 g/mol. The molecule has 1 aliphatic rings. The van der Waals surface area contributed by atoms with Crippen molar-refractivity contribution in [3.63, 3.8) is 0 Å². The molecule has 4 heteroatoms. The monoisotopic (exact) mass is 220 g/mol. The van der Waals surface area contributed by atoms with E-state index in [1.54, 1.807) is 0 Å². The predicted octanol–water partition coefficient (Wildman–Crippen LogP) is 0.922. The Morgan fingerprint density at radius 1 is 1.44 bits per heavy atom. The Kier molecular flexibility index (Phi) is 3.54. The summed E-state index contributed by atoms with van der Waals surface area (Å²) >= 11 is 0. The molecule has 1 saturated heterocycles. The van der Waals surface area contributed by atoms with Crippen molar-refractivity contribution in [1.82, 2.24) is 5.32 Å².